The van der Waals surface area contributed by atoms with Crippen molar-refractivity contribution in [2.75, 3.05) is 11.9 Å². The Morgan fingerprint density at radius 3 is 2.57 bits per heavy atom. The van der Waals surface area contributed by atoms with Crippen LogP contribution in [0.25, 0.3) is 0 Å². The molecule has 21 heavy (non-hydrogen) atoms. The summed E-state index contributed by atoms with van der Waals surface area (Å²) in [6.45, 7) is 2.96. The first-order chi connectivity index (χ1) is 10.1. The minimum absolute atomic E-state index is 0.00441. The average Bonchev–Trinajstić information content (AvgIpc) is 2.91. The lowest BCUT2D eigenvalue weighted by Gasteiger charge is -2.27. The van der Waals surface area contributed by atoms with Crippen LogP contribution in [0.4, 0.5) is 5.69 Å². The highest BCUT2D eigenvalue weighted by molar-refractivity contribution is 5.98. The summed E-state index contributed by atoms with van der Waals surface area (Å²) in [5, 5.41) is 15.0. The highest BCUT2D eigenvalue weighted by Crippen LogP contribution is 2.26. The molecule has 5 nitrogen and oxygen atoms in total. The molecule has 0 aromatic heterocycles. The molecule has 1 aromatic carbocycles. The van der Waals surface area contributed by atoms with Crippen LogP contribution in [0.5, 0.6) is 0 Å². The largest absolute Gasteiger partial charge is 0.481 e. The average molecular weight is 290 g/mol. The second-order valence-corrected chi connectivity index (χ2v) is 5.58. The van der Waals surface area contributed by atoms with Crippen molar-refractivity contribution in [3.05, 3.63) is 29.8 Å². The number of amides is 1. The number of nitrogens with one attached hydrogen (secondary N) is 2. The molecule has 1 aliphatic rings. The molecule has 1 atom stereocenters. The van der Waals surface area contributed by atoms with Crippen molar-refractivity contribution < 1.29 is 14.7 Å². The second-order valence-electron chi connectivity index (χ2n) is 5.58. The van der Waals surface area contributed by atoms with E-state index in [2.05, 4.69) is 17.6 Å². The van der Waals surface area contributed by atoms with Crippen molar-refractivity contribution in [2.24, 2.45) is 0 Å². The molecule has 0 saturated carbocycles. The van der Waals surface area contributed by atoms with Gasteiger partial charge >= 0.3 is 5.97 Å². The maximum Gasteiger partial charge on any atom is 0.307 e. The van der Waals surface area contributed by atoms with Gasteiger partial charge in [0.05, 0.1) is 12.0 Å². The molecule has 114 valence electrons. The van der Waals surface area contributed by atoms with E-state index in [9.17, 15) is 9.59 Å². The van der Waals surface area contributed by atoms with Gasteiger partial charge in [-0.3, -0.25) is 9.59 Å². The van der Waals surface area contributed by atoms with Crippen molar-refractivity contribution in [2.45, 2.75) is 44.6 Å². The van der Waals surface area contributed by atoms with E-state index in [0.717, 1.165) is 37.8 Å². The molecule has 2 rings (SSSR count). The molecule has 1 aliphatic heterocycles. The maximum atomic E-state index is 12.5. The van der Waals surface area contributed by atoms with Gasteiger partial charge in [-0.15, -0.1) is 0 Å². The van der Waals surface area contributed by atoms with Crippen LogP contribution in [-0.2, 0) is 16.0 Å². The van der Waals surface area contributed by atoms with Crippen molar-refractivity contribution in [3.63, 3.8) is 0 Å². The molecular formula is C16H22N2O3. The lowest BCUT2D eigenvalue weighted by Crippen LogP contribution is -2.50. The predicted molar refractivity (Wildman–Crippen MR) is 81.3 cm³/mol. The third kappa shape index (κ3) is 3.82. The van der Waals surface area contributed by atoms with Crippen LogP contribution in [0.15, 0.2) is 24.3 Å². The molecule has 1 unspecified atom stereocenters. The standard InChI is InChI=1S/C16H22N2O3/c1-2-8-16(9-3-10-17-16)15(21)18-13-6-4-12(5-7-13)11-14(19)20/h4-7,17H,2-3,8-11H2,1H3,(H,18,21)(H,19,20). The zero-order chi connectivity index (χ0) is 15.3. The van der Waals surface area contributed by atoms with Crippen LogP contribution >= 0.6 is 0 Å². The van der Waals surface area contributed by atoms with E-state index in [1.165, 1.54) is 0 Å². The van der Waals surface area contributed by atoms with Crippen molar-refractivity contribution in [3.8, 4) is 0 Å². The van der Waals surface area contributed by atoms with E-state index in [-0.39, 0.29) is 12.3 Å². The Morgan fingerprint density at radius 2 is 2.05 bits per heavy atom. The molecule has 5 heteroatoms. The zero-order valence-corrected chi connectivity index (χ0v) is 12.3. The van der Waals surface area contributed by atoms with Crippen molar-refractivity contribution in [1.82, 2.24) is 5.32 Å². The molecule has 1 aromatic rings. The van der Waals surface area contributed by atoms with Crippen LogP contribution in [0.3, 0.4) is 0 Å². The lowest BCUT2D eigenvalue weighted by molar-refractivity contribution is -0.136. The van der Waals surface area contributed by atoms with Gasteiger partial charge in [0, 0.05) is 5.69 Å². The number of benzene rings is 1. The van der Waals surface area contributed by atoms with Gasteiger partial charge in [-0.1, -0.05) is 25.5 Å². The lowest BCUT2D eigenvalue weighted by atomic mass is 9.90. The number of hydrogen-bond donors (Lipinski definition) is 3. The van der Waals surface area contributed by atoms with Gasteiger partial charge in [-0.05, 0) is 43.5 Å². The van der Waals surface area contributed by atoms with Crippen LogP contribution in [-0.4, -0.2) is 29.1 Å². The Balaban J connectivity index is 2.03. The highest BCUT2D eigenvalue weighted by Gasteiger charge is 2.39. The number of hydrogen-bond acceptors (Lipinski definition) is 3. The normalized spacial score (nSPS) is 21.2. The summed E-state index contributed by atoms with van der Waals surface area (Å²) in [7, 11) is 0. The number of carbonyl (C=O) groups is 2. The van der Waals surface area contributed by atoms with Crippen molar-refractivity contribution in [1.29, 1.82) is 0 Å². The Bertz CT molecular complexity index is 505. The van der Waals surface area contributed by atoms with Crippen molar-refractivity contribution >= 4 is 17.6 Å². The SMILES string of the molecule is CCCC1(C(=O)Nc2ccc(CC(=O)O)cc2)CCCN1. The minimum atomic E-state index is -0.858. The van der Waals surface area contributed by atoms with E-state index < -0.39 is 11.5 Å². The Hall–Kier alpha value is -1.88. The smallest absolute Gasteiger partial charge is 0.307 e. The van der Waals surface area contributed by atoms with Crippen LogP contribution in [0.2, 0.25) is 0 Å². The Morgan fingerprint density at radius 1 is 1.33 bits per heavy atom. The second kappa shape index (κ2) is 6.72. The number of carboxylic acids is 1. The first-order valence-electron chi connectivity index (χ1n) is 7.43. The third-order valence-electron chi connectivity index (χ3n) is 3.92. The van der Waals surface area contributed by atoms with Gasteiger partial charge in [0.2, 0.25) is 5.91 Å². The number of anilines is 1. The number of aliphatic carboxylic acids is 1. The van der Waals surface area contributed by atoms with Gasteiger partial charge in [0.25, 0.3) is 0 Å². The van der Waals surface area contributed by atoms with Crippen LogP contribution < -0.4 is 10.6 Å². The summed E-state index contributed by atoms with van der Waals surface area (Å²) in [4.78, 5) is 23.2. The van der Waals surface area contributed by atoms with E-state index in [4.69, 9.17) is 5.11 Å². The number of carbonyl (C=O) groups excluding carboxylic acids is 1. The fourth-order valence-corrected chi connectivity index (χ4v) is 2.89. The van der Waals surface area contributed by atoms with E-state index >= 15 is 0 Å². The van der Waals surface area contributed by atoms with Gasteiger partial charge in [-0.2, -0.15) is 0 Å². The summed E-state index contributed by atoms with van der Waals surface area (Å²) in [6.07, 6.45) is 3.66. The first kappa shape index (κ1) is 15.5. The van der Waals surface area contributed by atoms with Gasteiger partial charge < -0.3 is 15.7 Å². The van der Waals surface area contributed by atoms with Crippen LogP contribution in [0, 0.1) is 0 Å². The van der Waals surface area contributed by atoms with E-state index in [1.807, 2.05) is 0 Å². The number of carboxylic acid groups (broad SMARTS) is 1. The predicted octanol–water partition coefficient (Wildman–Crippen LogP) is 2.17. The molecule has 0 aliphatic carbocycles. The summed E-state index contributed by atoms with van der Waals surface area (Å²) in [5.74, 6) is -0.850. The van der Waals surface area contributed by atoms with Gasteiger partial charge in [0.15, 0.2) is 0 Å². The molecule has 1 heterocycles. The van der Waals surface area contributed by atoms with Crippen LogP contribution in [0.1, 0.15) is 38.2 Å². The summed E-state index contributed by atoms with van der Waals surface area (Å²) < 4.78 is 0. The van der Waals surface area contributed by atoms with Gasteiger partial charge in [0.1, 0.15) is 0 Å². The fraction of sp³-hybridized carbons (Fsp3) is 0.500. The molecule has 1 fully saturated rings. The van der Waals surface area contributed by atoms with E-state index in [1.54, 1.807) is 24.3 Å². The quantitative estimate of drug-likeness (QED) is 0.750. The minimum Gasteiger partial charge on any atom is -0.481 e. The molecule has 0 bridgehead atoms. The molecule has 0 radical (unpaired) electrons. The summed E-state index contributed by atoms with van der Waals surface area (Å²) in [6, 6.07) is 6.98. The molecule has 1 saturated heterocycles. The monoisotopic (exact) mass is 290 g/mol. The molecule has 1 amide bonds. The highest BCUT2D eigenvalue weighted by atomic mass is 16.4. The first-order valence-corrected chi connectivity index (χ1v) is 7.43. The fourth-order valence-electron chi connectivity index (χ4n) is 2.89. The summed E-state index contributed by atoms with van der Waals surface area (Å²) in [5.41, 5.74) is 0.982. The van der Waals surface area contributed by atoms with E-state index in [0.29, 0.717) is 5.69 Å². The Labute approximate surface area is 124 Å². The third-order valence-corrected chi connectivity index (χ3v) is 3.92. The van der Waals surface area contributed by atoms with Gasteiger partial charge in [-0.25, -0.2) is 0 Å². The number of rotatable bonds is 6. The zero-order valence-electron chi connectivity index (χ0n) is 12.3. The Kier molecular flexibility index (Phi) is 4.96. The summed E-state index contributed by atoms with van der Waals surface area (Å²) >= 11 is 0. The molecular weight excluding hydrogens is 268 g/mol. The maximum absolute atomic E-state index is 12.5. The topological polar surface area (TPSA) is 78.4 Å². The molecule has 3 N–H and O–H groups in total. The molecule has 0 spiro atoms.